The third kappa shape index (κ3) is 4.84. The molecule has 0 aliphatic carbocycles. The minimum atomic E-state index is -4.48. The lowest BCUT2D eigenvalue weighted by molar-refractivity contribution is -0.140. The Morgan fingerprint density at radius 1 is 1.25 bits per heavy atom. The Labute approximate surface area is 114 Å². The van der Waals surface area contributed by atoms with Crippen LogP contribution in [0.15, 0.2) is 24.3 Å². The van der Waals surface area contributed by atoms with Crippen LogP contribution in [0.1, 0.15) is 18.1 Å². The quantitative estimate of drug-likeness (QED) is 0.906. The van der Waals surface area contributed by atoms with Crippen LogP contribution in [-0.4, -0.2) is 25.2 Å². The number of hydrogen-bond donors (Lipinski definition) is 1. The summed E-state index contributed by atoms with van der Waals surface area (Å²) in [6.45, 7) is 1.26. The number of aliphatic carboxylic acids is 1. The maximum absolute atomic E-state index is 12.3. The molecule has 4 nitrogen and oxygen atoms in total. The minimum Gasteiger partial charge on any atom is -0.481 e. The first-order valence-electron chi connectivity index (χ1n) is 5.60. The molecule has 0 aliphatic rings. The molecule has 1 aromatic rings. The van der Waals surface area contributed by atoms with Gasteiger partial charge in [0, 0.05) is 0 Å². The van der Waals surface area contributed by atoms with Crippen LogP contribution in [0.25, 0.3) is 0 Å². The predicted octanol–water partition coefficient (Wildman–Crippen LogP) is 2.34. The molecule has 1 unspecified atom stereocenters. The van der Waals surface area contributed by atoms with Gasteiger partial charge in [0.05, 0.1) is 23.0 Å². The topological polar surface area (TPSA) is 71.4 Å². The highest BCUT2D eigenvalue weighted by molar-refractivity contribution is 7.90. The third-order valence-electron chi connectivity index (χ3n) is 2.59. The van der Waals surface area contributed by atoms with Crippen molar-refractivity contribution in [3.8, 4) is 0 Å². The highest BCUT2D eigenvalue weighted by atomic mass is 32.2. The van der Waals surface area contributed by atoms with Crippen LogP contribution in [-0.2, 0) is 26.6 Å². The molecule has 1 rings (SSSR count). The van der Waals surface area contributed by atoms with E-state index in [2.05, 4.69) is 0 Å². The average molecular weight is 310 g/mol. The number of sulfone groups is 1. The molecule has 0 saturated carbocycles. The molecule has 0 spiro atoms. The van der Waals surface area contributed by atoms with Crippen LogP contribution >= 0.6 is 0 Å². The molecule has 0 aromatic heterocycles. The Hall–Kier alpha value is -1.57. The van der Waals surface area contributed by atoms with Gasteiger partial charge in [-0.15, -0.1) is 0 Å². The summed E-state index contributed by atoms with van der Waals surface area (Å²) in [6, 6.07) is 3.74. The van der Waals surface area contributed by atoms with Gasteiger partial charge in [-0.2, -0.15) is 13.2 Å². The van der Waals surface area contributed by atoms with Crippen molar-refractivity contribution in [1.82, 2.24) is 0 Å². The molecule has 0 amide bonds. The van der Waals surface area contributed by atoms with E-state index in [1.165, 1.54) is 6.92 Å². The van der Waals surface area contributed by atoms with E-state index in [1.54, 1.807) is 0 Å². The number of rotatable bonds is 5. The number of carboxylic acid groups (broad SMARTS) is 1. The van der Waals surface area contributed by atoms with Crippen molar-refractivity contribution in [1.29, 1.82) is 0 Å². The van der Waals surface area contributed by atoms with Gasteiger partial charge in [-0.1, -0.05) is 19.1 Å². The molecule has 0 bridgehead atoms. The summed E-state index contributed by atoms with van der Waals surface area (Å²) >= 11 is 0. The number of benzene rings is 1. The van der Waals surface area contributed by atoms with Crippen LogP contribution in [0, 0.1) is 5.92 Å². The minimum absolute atomic E-state index is 0.190. The molecule has 1 atom stereocenters. The predicted molar refractivity (Wildman–Crippen MR) is 65.7 cm³/mol. The zero-order valence-corrected chi connectivity index (χ0v) is 11.3. The number of carboxylic acids is 1. The van der Waals surface area contributed by atoms with Crippen molar-refractivity contribution in [2.24, 2.45) is 5.92 Å². The van der Waals surface area contributed by atoms with Crippen LogP contribution in [0.3, 0.4) is 0 Å². The summed E-state index contributed by atoms with van der Waals surface area (Å²) in [5.41, 5.74) is -0.673. The van der Waals surface area contributed by atoms with E-state index < -0.39 is 45.0 Å². The van der Waals surface area contributed by atoms with Gasteiger partial charge in [0.2, 0.25) is 0 Å². The van der Waals surface area contributed by atoms with E-state index in [4.69, 9.17) is 5.11 Å². The summed E-state index contributed by atoms with van der Waals surface area (Å²) in [4.78, 5) is 10.6. The lowest BCUT2D eigenvalue weighted by atomic mass is 10.1. The summed E-state index contributed by atoms with van der Waals surface area (Å²) in [5.74, 6) is -3.33. The van der Waals surface area contributed by atoms with Crippen LogP contribution in [0.2, 0.25) is 0 Å². The SMILES string of the molecule is CC(CS(=O)(=O)Cc1ccc(C(F)(F)F)cc1)C(=O)O. The molecular formula is C12H13F3O4S. The Bertz CT molecular complexity index is 576. The van der Waals surface area contributed by atoms with Gasteiger partial charge < -0.3 is 5.11 Å². The molecular weight excluding hydrogens is 297 g/mol. The van der Waals surface area contributed by atoms with Crippen molar-refractivity contribution >= 4 is 15.8 Å². The summed E-state index contributed by atoms with van der Waals surface area (Å²) in [5, 5.41) is 8.65. The molecule has 0 fully saturated rings. The van der Waals surface area contributed by atoms with E-state index in [1.807, 2.05) is 0 Å². The number of halogens is 3. The fraction of sp³-hybridized carbons (Fsp3) is 0.417. The number of alkyl halides is 3. The van der Waals surface area contributed by atoms with Gasteiger partial charge in [0.25, 0.3) is 0 Å². The van der Waals surface area contributed by atoms with E-state index >= 15 is 0 Å². The van der Waals surface area contributed by atoms with Crippen LogP contribution in [0.5, 0.6) is 0 Å². The van der Waals surface area contributed by atoms with Crippen molar-refractivity contribution in [3.05, 3.63) is 35.4 Å². The molecule has 0 radical (unpaired) electrons. The highest BCUT2D eigenvalue weighted by Gasteiger charge is 2.30. The molecule has 112 valence electrons. The Balaban J connectivity index is 2.81. The van der Waals surface area contributed by atoms with Crippen LogP contribution < -0.4 is 0 Å². The monoisotopic (exact) mass is 310 g/mol. The zero-order valence-electron chi connectivity index (χ0n) is 10.5. The molecule has 0 saturated heterocycles. The lowest BCUT2D eigenvalue weighted by Crippen LogP contribution is -2.22. The second-order valence-electron chi connectivity index (χ2n) is 4.49. The van der Waals surface area contributed by atoms with Crippen molar-refractivity contribution < 1.29 is 31.5 Å². The second kappa shape index (κ2) is 5.82. The van der Waals surface area contributed by atoms with Gasteiger partial charge in [-0.25, -0.2) is 8.42 Å². The normalized spacial score (nSPS) is 14.0. The van der Waals surface area contributed by atoms with E-state index in [-0.39, 0.29) is 5.56 Å². The van der Waals surface area contributed by atoms with Gasteiger partial charge in [-0.05, 0) is 17.7 Å². The Kier molecular flexibility index (Phi) is 4.80. The summed E-state index contributed by atoms with van der Waals surface area (Å²) in [6.07, 6.45) is -4.48. The standard InChI is InChI=1S/C12H13F3O4S/c1-8(11(16)17)6-20(18,19)7-9-2-4-10(5-3-9)12(13,14)15/h2-5,8H,6-7H2,1H3,(H,16,17). The van der Waals surface area contributed by atoms with Crippen molar-refractivity contribution in [2.45, 2.75) is 18.9 Å². The Morgan fingerprint density at radius 2 is 1.75 bits per heavy atom. The largest absolute Gasteiger partial charge is 0.481 e. The van der Waals surface area contributed by atoms with Crippen molar-refractivity contribution in [2.75, 3.05) is 5.75 Å². The smallest absolute Gasteiger partial charge is 0.416 e. The first-order valence-corrected chi connectivity index (χ1v) is 7.43. The molecule has 1 N–H and O–H groups in total. The maximum Gasteiger partial charge on any atom is 0.416 e. The lowest BCUT2D eigenvalue weighted by Gasteiger charge is -2.09. The van der Waals surface area contributed by atoms with Gasteiger partial charge >= 0.3 is 12.1 Å². The summed E-state index contributed by atoms with van der Waals surface area (Å²) in [7, 11) is -3.69. The first-order chi connectivity index (χ1) is 9.01. The zero-order chi connectivity index (χ0) is 15.6. The molecule has 20 heavy (non-hydrogen) atoms. The van der Waals surface area contributed by atoms with E-state index in [9.17, 15) is 26.4 Å². The second-order valence-corrected chi connectivity index (χ2v) is 6.60. The highest BCUT2D eigenvalue weighted by Crippen LogP contribution is 2.29. The molecule has 0 aliphatic heterocycles. The first kappa shape index (κ1) is 16.5. The van der Waals surface area contributed by atoms with Crippen molar-refractivity contribution in [3.63, 3.8) is 0 Å². The Morgan fingerprint density at radius 3 is 2.15 bits per heavy atom. The average Bonchev–Trinajstić information content (AvgIpc) is 2.26. The number of carbonyl (C=O) groups is 1. The fourth-order valence-electron chi connectivity index (χ4n) is 1.56. The molecule has 8 heteroatoms. The number of hydrogen-bond acceptors (Lipinski definition) is 3. The van der Waals surface area contributed by atoms with Gasteiger partial charge in [-0.3, -0.25) is 4.79 Å². The molecule has 0 heterocycles. The fourth-order valence-corrected chi connectivity index (χ4v) is 3.28. The maximum atomic E-state index is 12.3. The van der Waals surface area contributed by atoms with E-state index in [0.717, 1.165) is 24.3 Å². The molecule has 1 aromatic carbocycles. The van der Waals surface area contributed by atoms with Crippen LogP contribution in [0.4, 0.5) is 13.2 Å². The van der Waals surface area contributed by atoms with E-state index in [0.29, 0.717) is 0 Å². The van der Waals surface area contributed by atoms with Gasteiger partial charge in [0.1, 0.15) is 0 Å². The third-order valence-corrected chi connectivity index (χ3v) is 4.37. The summed E-state index contributed by atoms with van der Waals surface area (Å²) < 4.78 is 60.4. The van der Waals surface area contributed by atoms with Gasteiger partial charge in [0.15, 0.2) is 9.84 Å².